The van der Waals surface area contributed by atoms with E-state index in [4.69, 9.17) is 5.73 Å². The van der Waals surface area contributed by atoms with Gasteiger partial charge in [-0.15, -0.1) is 0 Å². The molecule has 0 saturated heterocycles. The molecule has 0 radical (unpaired) electrons. The Morgan fingerprint density at radius 2 is 2.57 bits per heavy atom. The van der Waals surface area contributed by atoms with Gasteiger partial charge >= 0.3 is 0 Å². The number of nitrogens with two attached hydrogens (primary N) is 1. The highest BCUT2D eigenvalue weighted by molar-refractivity contribution is 9.11. The van der Waals surface area contributed by atoms with Crippen molar-refractivity contribution in [3.05, 3.63) is 9.98 Å². The number of aromatic nitrogens is 1. The lowest BCUT2D eigenvalue weighted by atomic mass is 10.2. The molecule has 1 heterocycles. The number of carbonyl (C=O) groups excluding carboxylic acids is 1. The van der Waals surface area contributed by atoms with Crippen LogP contribution in [0.2, 0.25) is 0 Å². The number of rotatable bonds is 4. The predicted molar refractivity (Wildman–Crippen MR) is 61.3 cm³/mol. The molecular formula is C8H12BrN3OS. The van der Waals surface area contributed by atoms with E-state index in [1.54, 1.807) is 6.20 Å². The van der Waals surface area contributed by atoms with Crippen LogP contribution in [0.5, 0.6) is 0 Å². The minimum absolute atomic E-state index is 0.0378. The van der Waals surface area contributed by atoms with Crippen LogP contribution in [0, 0.1) is 0 Å². The lowest BCUT2D eigenvalue weighted by Crippen LogP contribution is -2.19. The molecule has 0 bridgehead atoms. The van der Waals surface area contributed by atoms with Crippen molar-refractivity contribution in [2.45, 2.75) is 25.8 Å². The Bertz CT molecular complexity index is 313. The molecule has 0 aromatic carbocycles. The maximum Gasteiger partial charge on any atom is 0.226 e. The van der Waals surface area contributed by atoms with E-state index in [0.29, 0.717) is 18.0 Å². The smallest absolute Gasteiger partial charge is 0.226 e. The summed E-state index contributed by atoms with van der Waals surface area (Å²) in [4.78, 5) is 15.3. The molecule has 14 heavy (non-hydrogen) atoms. The van der Waals surface area contributed by atoms with E-state index in [-0.39, 0.29) is 11.9 Å². The van der Waals surface area contributed by atoms with Gasteiger partial charge in [0.1, 0.15) is 0 Å². The van der Waals surface area contributed by atoms with Crippen molar-refractivity contribution in [1.29, 1.82) is 0 Å². The normalized spacial score (nSPS) is 12.5. The first-order valence-electron chi connectivity index (χ1n) is 4.24. The molecule has 1 atom stereocenters. The zero-order chi connectivity index (χ0) is 10.6. The number of amides is 1. The summed E-state index contributed by atoms with van der Waals surface area (Å²) in [6.07, 6.45) is 2.79. The van der Waals surface area contributed by atoms with E-state index in [2.05, 4.69) is 26.2 Å². The van der Waals surface area contributed by atoms with Gasteiger partial charge in [0.05, 0.1) is 9.98 Å². The first kappa shape index (κ1) is 11.6. The van der Waals surface area contributed by atoms with Gasteiger partial charge in [0.25, 0.3) is 0 Å². The maximum atomic E-state index is 11.3. The Kier molecular flexibility index (Phi) is 4.50. The van der Waals surface area contributed by atoms with Crippen LogP contribution >= 0.6 is 27.3 Å². The lowest BCUT2D eigenvalue weighted by molar-refractivity contribution is -0.116. The van der Waals surface area contributed by atoms with Crippen LogP contribution in [-0.4, -0.2) is 16.9 Å². The molecule has 0 aliphatic carbocycles. The second-order valence-corrected chi connectivity index (χ2v) is 5.44. The van der Waals surface area contributed by atoms with E-state index >= 15 is 0 Å². The maximum absolute atomic E-state index is 11.3. The summed E-state index contributed by atoms with van der Waals surface area (Å²) in [7, 11) is 0. The van der Waals surface area contributed by atoms with Crippen LogP contribution in [0.3, 0.4) is 0 Å². The number of nitrogens with one attached hydrogen (secondary N) is 1. The molecule has 1 rings (SSSR count). The van der Waals surface area contributed by atoms with Gasteiger partial charge in [0.2, 0.25) is 5.91 Å². The van der Waals surface area contributed by atoms with Crippen molar-refractivity contribution < 1.29 is 4.79 Å². The van der Waals surface area contributed by atoms with Crippen LogP contribution in [0.1, 0.15) is 19.8 Å². The van der Waals surface area contributed by atoms with Gasteiger partial charge in [-0.2, -0.15) is 0 Å². The molecule has 1 unspecified atom stereocenters. The first-order valence-corrected chi connectivity index (χ1v) is 5.85. The molecule has 0 spiro atoms. The van der Waals surface area contributed by atoms with E-state index < -0.39 is 0 Å². The summed E-state index contributed by atoms with van der Waals surface area (Å²) in [5, 5.41) is 3.32. The van der Waals surface area contributed by atoms with E-state index in [1.165, 1.54) is 11.3 Å². The first-order chi connectivity index (χ1) is 6.58. The summed E-state index contributed by atoms with van der Waals surface area (Å²) in [5.41, 5.74) is 5.54. The minimum atomic E-state index is -0.0378. The van der Waals surface area contributed by atoms with Crippen molar-refractivity contribution in [1.82, 2.24) is 4.98 Å². The van der Waals surface area contributed by atoms with Crippen LogP contribution in [-0.2, 0) is 4.79 Å². The van der Waals surface area contributed by atoms with Crippen molar-refractivity contribution in [2.24, 2.45) is 5.73 Å². The zero-order valence-electron chi connectivity index (χ0n) is 7.79. The zero-order valence-corrected chi connectivity index (χ0v) is 10.2. The minimum Gasteiger partial charge on any atom is -0.328 e. The fourth-order valence-corrected chi connectivity index (χ4v) is 1.98. The summed E-state index contributed by atoms with van der Waals surface area (Å²) in [6, 6.07) is 0.0591. The molecule has 3 N–H and O–H groups in total. The van der Waals surface area contributed by atoms with Crippen molar-refractivity contribution in [3.63, 3.8) is 0 Å². The third-order valence-electron chi connectivity index (χ3n) is 1.55. The topological polar surface area (TPSA) is 68.0 Å². The standard InChI is InChI=1S/C8H12BrN3OS/c1-5(10)2-3-7(13)12-8-11-4-6(9)14-8/h4-5H,2-3,10H2,1H3,(H,11,12,13). The van der Waals surface area contributed by atoms with Crippen molar-refractivity contribution >= 4 is 38.3 Å². The largest absolute Gasteiger partial charge is 0.328 e. The second-order valence-electron chi connectivity index (χ2n) is 3.03. The number of halogens is 1. The van der Waals surface area contributed by atoms with Crippen LogP contribution in [0.15, 0.2) is 9.98 Å². The fraction of sp³-hybridized carbons (Fsp3) is 0.500. The Morgan fingerprint density at radius 3 is 3.07 bits per heavy atom. The highest BCUT2D eigenvalue weighted by atomic mass is 79.9. The van der Waals surface area contributed by atoms with E-state index in [1.807, 2.05) is 6.92 Å². The van der Waals surface area contributed by atoms with Crippen LogP contribution in [0.25, 0.3) is 0 Å². The lowest BCUT2D eigenvalue weighted by Gasteiger charge is -2.03. The summed E-state index contributed by atoms with van der Waals surface area (Å²) in [5.74, 6) is -0.0378. The highest BCUT2D eigenvalue weighted by Crippen LogP contribution is 2.23. The van der Waals surface area contributed by atoms with Crippen LogP contribution in [0.4, 0.5) is 5.13 Å². The number of anilines is 1. The van der Waals surface area contributed by atoms with Gasteiger partial charge < -0.3 is 11.1 Å². The Morgan fingerprint density at radius 1 is 1.86 bits per heavy atom. The third kappa shape index (κ3) is 4.17. The van der Waals surface area contributed by atoms with Gasteiger partial charge in [-0.3, -0.25) is 4.79 Å². The Hall–Kier alpha value is -0.460. The van der Waals surface area contributed by atoms with E-state index in [9.17, 15) is 4.79 Å². The van der Waals surface area contributed by atoms with Crippen molar-refractivity contribution in [3.8, 4) is 0 Å². The number of hydrogen-bond donors (Lipinski definition) is 2. The molecule has 0 saturated carbocycles. The van der Waals surface area contributed by atoms with E-state index in [0.717, 1.165) is 3.79 Å². The number of carbonyl (C=O) groups is 1. The molecule has 1 aromatic heterocycles. The highest BCUT2D eigenvalue weighted by Gasteiger charge is 2.06. The Balaban J connectivity index is 2.34. The summed E-state index contributed by atoms with van der Waals surface area (Å²) < 4.78 is 0.903. The quantitative estimate of drug-likeness (QED) is 0.884. The molecule has 0 aliphatic heterocycles. The van der Waals surface area contributed by atoms with Gasteiger partial charge in [0.15, 0.2) is 5.13 Å². The molecule has 1 aromatic rings. The van der Waals surface area contributed by atoms with Gasteiger partial charge in [0, 0.05) is 12.5 Å². The van der Waals surface area contributed by atoms with Crippen LogP contribution < -0.4 is 11.1 Å². The number of thiazole rings is 1. The van der Waals surface area contributed by atoms with Gasteiger partial charge in [-0.25, -0.2) is 4.98 Å². The third-order valence-corrected chi connectivity index (χ3v) is 2.94. The molecule has 6 heteroatoms. The molecule has 0 fully saturated rings. The average Bonchev–Trinajstić information content (AvgIpc) is 2.48. The molecule has 4 nitrogen and oxygen atoms in total. The SMILES string of the molecule is CC(N)CCC(=O)Nc1ncc(Br)s1. The van der Waals surface area contributed by atoms with Gasteiger partial charge in [-0.1, -0.05) is 11.3 Å². The molecular weight excluding hydrogens is 266 g/mol. The summed E-state index contributed by atoms with van der Waals surface area (Å²) >= 11 is 4.66. The molecule has 78 valence electrons. The number of nitrogens with zero attached hydrogens (tertiary/aromatic N) is 1. The second kappa shape index (κ2) is 5.43. The average molecular weight is 278 g/mol. The number of hydrogen-bond acceptors (Lipinski definition) is 4. The monoisotopic (exact) mass is 277 g/mol. The van der Waals surface area contributed by atoms with Gasteiger partial charge in [-0.05, 0) is 29.3 Å². The predicted octanol–water partition coefficient (Wildman–Crippen LogP) is 1.97. The molecule has 0 aliphatic rings. The Labute approximate surface area is 95.0 Å². The fourth-order valence-electron chi connectivity index (χ4n) is 0.853. The van der Waals surface area contributed by atoms with Crippen molar-refractivity contribution in [2.75, 3.05) is 5.32 Å². The summed E-state index contributed by atoms with van der Waals surface area (Å²) in [6.45, 7) is 1.88. The molecule has 1 amide bonds.